The Morgan fingerprint density at radius 2 is 2.11 bits per heavy atom. The van der Waals surface area contributed by atoms with Crippen LogP contribution in [0.1, 0.15) is 7.85 Å². The van der Waals surface area contributed by atoms with Crippen molar-refractivity contribution >= 4 is 0 Å². The molecular formula is C4H11F3N2. The first kappa shape index (κ1) is 8.71. The van der Waals surface area contributed by atoms with Crippen molar-refractivity contribution in [3.05, 3.63) is 7.05 Å². The van der Waals surface area contributed by atoms with Gasteiger partial charge in [0.2, 0.25) is 0 Å². The molecule has 0 aromatic rings. The zero-order valence-corrected chi connectivity index (χ0v) is 4.83. The maximum absolute atomic E-state index is 11.3. The van der Waals surface area contributed by atoms with E-state index in [4.69, 9.17) is 0 Å². The Balaban J connectivity index is 0. The molecule has 0 aliphatic carbocycles. The van der Waals surface area contributed by atoms with Gasteiger partial charge in [-0.25, -0.2) is 0 Å². The van der Waals surface area contributed by atoms with Crippen LogP contribution < -0.4 is 10.9 Å². The highest BCUT2D eigenvalue weighted by molar-refractivity contribution is 4.48. The fraction of sp³-hybridized carbons (Fsp3) is 0.750. The Morgan fingerprint density at radius 3 is 2.44 bits per heavy atom. The van der Waals surface area contributed by atoms with E-state index in [-0.39, 0.29) is 7.97 Å². The van der Waals surface area contributed by atoms with Crippen LogP contribution >= 0.6 is 0 Å². The molecule has 9 heavy (non-hydrogen) atoms. The zero-order valence-electron chi connectivity index (χ0n) is 4.83. The van der Waals surface area contributed by atoms with Gasteiger partial charge in [0.15, 0.2) is 0 Å². The third kappa shape index (κ3) is 7.71. The van der Waals surface area contributed by atoms with E-state index < -0.39 is 12.6 Å². The molecule has 0 saturated heterocycles. The van der Waals surface area contributed by atoms with Crippen LogP contribution in [0.4, 0.5) is 13.2 Å². The summed E-state index contributed by atoms with van der Waals surface area (Å²) >= 11 is 0. The molecule has 5 heteroatoms. The average molecular weight is 144 g/mol. The molecule has 0 rings (SSSR count). The lowest BCUT2D eigenvalue weighted by Crippen LogP contribution is -2.87. The van der Waals surface area contributed by atoms with Crippen molar-refractivity contribution in [3.8, 4) is 0 Å². The first-order valence-electron chi connectivity index (χ1n) is 2.47. The molecule has 3 N–H and O–H groups in total. The summed E-state index contributed by atoms with van der Waals surface area (Å²) in [5, 5.41) is 0. The van der Waals surface area contributed by atoms with Crippen molar-refractivity contribution in [1.82, 2.24) is 5.43 Å². The molecule has 0 spiro atoms. The molecule has 0 aliphatic rings. The summed E-state index contributed by atoms with van der Waals surface area (Å²) in [5.41, 5.74) is 3.59. The number of alkyl halides is 3. The maximum atomic E-state index is 11.3. The smallest absolute Gasteiger partial charge is 0.390 e. The molecule has 0 aromatic carbocycles. The first-order chi connectivity index (χ1) is 4.06. The van der Waals surface area contributed by atoms with E-state index in [1.54, 1.807) is 0 Å². The van der Waals surface area contributed by atoms with Gasteiger partial charge < -0.3 is 5.43 Å². The molecule has 0 bridgehead atoms. The van der Waals surface area contributed by atoms with Crippen molar-refractivity contribution in [2.45, 2.75) is 12.6 Å². The Morgan fingerprint density at radius 1 is 1.56 bits per heavy atom. The van der Waals surface area contributed by atoms with Crippen LogP contribution in [0.25, 0.3) is 0 Å². The third-order valence-corrected chi connectivity index (χ3v) is 0.697. The van der Waals surface area contributed by atoms with Gasteiger partial charge in [-0.05, 0) is 0 Å². The van der Waals surface area contributed by atoms with E-state index in [1.807, 2.05) is 0 Å². The van der Waals surface area contributed by atoms with Crippen molar-refractivity contribution in [2.75, 3.05) is 6.54 Å². The van der Waals surface area contributed by atoms with Crippen molar-refractivity contribution in [3.63, 3.8) is 0 Å². The van der Waals surface area contributed by atoms with Crippen LogP contribution in [0.15, 0.2) is 0 Å². The maximum Gasteiger partial charge on any atom is 0.390 e. The highest BCUT2D eigenvalue weighted by Crippen LogP contribution is 2.17. The minimum absolute atomic E-state index is 0. The quantitative estimate of drug-likeness (QED) is 0.249. The van der Waals surface area contributed by atoms with E-state index in [9.17, 15) is 13.2 Å². The van der Waals surface area contributed by atoms with Crippen molar-refractivity contribution in [1.29, 1.82) is 0 Å². The van der Waals surface area contributed by atoms with Gasteiger partial charge in [-0.3, -0.25) is 0 Å². The number of nitrogens with two attached hydrogens (primary N) is 1. The molecule has 0 aliphatic heterocycles. The van der Waals surface area contributed by atoms with E-state index in [1.165, 1.54) is 5.43 Å². The SMILES string of the molecule is [CH2-][NH2+]NCCC(F)(F)F.[HH]. The highest BCUT2D eigenvalue weighted by Gasteiger charge is 2.25. The Bertz CT molecular complexity index is 75.4. The Labute approximate surface area is 52.9 Å². The monoisotopic (exact) mass is 144 g/mol. The van der Waals surface area contributed by atoms with Crippen LogP contribution in [-0.2, 0) is 0 Å². The average Bonchev–Trinajstić information content (AvgIpc) is 1.63. The van der Waals surface area contributed by atoms with Gasteiger partial charge in [-0.15, -0.1) is 7.05 Å². The Kier molecular flexibility index (Phi) is 3.56. The molecule has 2 nitrogen and oxygen atoms in total. The summed E-state index contributed by atoms with van der Waals surface area (Å²) in [7, 11) is 3.20. The number of nitrogens with one attached hydrogen (secondary N) is 1. The molecule has 0 amide bonds. The minimum Gasteiger partial charge on any atom is -0.399 e. The van der Waals surface area contributed by atoms with Crippen molar-refractivity contribution in [2.24, 2.45) is 0 Å². The molecule has 58 valence electrons. The third-order valence-electron chi connectivity index (χ3n) is 0.697. The fourth-order valence-electron chi connectivity index (χ4n) is 0.316. The lowest BCUT2D eigenvalue weighted by atomic mass is 10.4. The van der Waals surface area contributed by atoms with E-state index in [0.29, 0.717) is 0 Å². The molecule has 0 aromatic heterocycles. The topological polar surface area (TPSA) is 28.6 Å². The van der Waals surface area contributed by atoms with E-state index >= 15 is 0 Å². The second kappa shape index (κ2) is 3.68. The van der Waals surface area contributed by atoms with Gasteiger partial charge in [0.1, 0.15) is 0 Å². The lowest BCUT2D eigenvalue weighted by Gasteiger charge is -2.05. The van der Waals surface area contributed by atoms with E-state index in [2.05, 4.69) is 12.5 Å². The summed E-state index contributed by atoms with van der Waals surface area (Å²) in [4.78, 5) is 0. The number of hydrogen-bond acceptors (Lipinski definition) is 1. The lowest BCUT2D eigenvalue weighted by molar-refractivity contribution is -0.656. The van der Waals surface area contributed by atoms with Gasteiger partial charge in [0.25, 0.3) is 0 Å². The second-order valence-electron chi connectivity index (χ2n) is 1.52. The Hall–Kier alpha value is -0.290. The zero-order chi connectivity index (χ0) is 7.33. The second-order valence-corrected chi connectivity index (χ2v) is 1.52. The molecular weight excluding hydrogens is 133 g/mol. The number of hydrogen-bond donors (Lipinski definition) is 2. The van der Waals surface area contributed by atoms with Crippen LogP contribution in [0.5, 0.6) is 0 Å². The van der Waals surface area contributed by atoms with Gasteiger partial charge in [-0.1, -0.05) is 0 Å². The van der Waals surface area contributed by atoms with Crippen LogP contribution in [0.3, 0.4) is 0 Å². The van der Waals surface area contributed by atoms with Crippen molar-refractivity contribution < 1.29 is 20.0 Å². The predicted molar refractivity (Wildman–Crippen MR) is 28.1 cm³/mol. The van der Waals surface area contributed by atoms with Gasteiger partial charge in [0.05, 0.1) is 13.0 Å². The summed E-state index contributed by atoms with van der Waals surface area (Å²) in [6.45, 7) is -0.0903. The normalized spacial score (nSPS) is 12.0. The summed E-state index contributed by atoms with van der Waals surface area (Å²) in [6.07, 6.45) is -4.87. The van der Waals surface area contributed by atoms with Crippen LogP contribution in [-0.4, -0.2) is 12.7 Å². The molecule has 0 saturated carbocycles. The van der Waals surface area contributed by atoms with E-state index in [0.717, 1.165) is 0 Å². The van der Waals surface area contributed by atoms with Gasteiger partial charge in [-0.2, -0.15) is 18.6 Å². The molecule has 0 radical (unpaired) electrons. The first-order valence-corrected chi connectivity index (χ1v) is 2.47. The largest absolute Gasteiger partial charge is 0.399 e. The molecule has 0 fully saturated rings. The van der Waals surface area contributed by atoms with Crippen LogP contribution in [0.2, 0.25) is 0 Å². The summed E-state index contributed by atoms with van der Waals surface area (Å²) < 4.78 is 33.9. The minimum atomic E-state index is -4.06. The number of quaternary nitrogens is 1. The fourth-order valence-corrected chi connectivity index (χ4v) is 0.316. The molecule has 0 heterocycles. The summed E-state index contributed by atoms with van der Waals surface area (Å²) in [6, 6.07) is 0. The highest BCUT2D eigenvalue weighted by atomic mass is 19.4. The number of halogens is 3. The predicted octanol–water partition coefficient (Wildman–Crippen LogP) is 0.0444. The summed E-state index contributed by atoms with van der Waals surface area (Å²) in [5.74, 6) is 0. The standard InChI is InChI=1S/C4H9F3N2.H2/c1-8-9-3-2-4(5,6)7;/h9H,1-3,8H2;1H. The van der Waals surface area contributed by atoms with Crippen LogP contribution in [0, 0.1) is 7.05 Å². The molecule has 0 unspecified atom stereocenters. The van der Waals surface area contributed by atoms with Gasteiger partial charge in [0, 0.05) is 1.43 Å². The molecule has 0 atom stereocenters. The van der Waals surface area contributed by atoms with Gasteiger partial charge >= 0.3 is 6.18 Å². The number of rotatable bonds is 3.